The van der Waals surface area contributed by atoms with Crippen molar-refractivity contribution in [2.24, 2.45) is 0 Å². The molecule has 1 N–H and O–H groups in total. The number of aryl methyl sites for hydroxylation is 1. The van der Waals surface area contributed by atoms with Gasteiger partial charge in [0.1, 0.15) is 5.00 Å². The molecule has 116 valence electrons. The van der Waals surface area contributed by atoms with Gasteiger partial charge in [0, 0.05) is 4.88 Å². The number of rotatable bonds is 4. The number of anilines is 1. The molecule has 1 aromatic carbocycles. The fourth-order valence-electron chi connectivity index (χ4n) is 2.57. The Morgan fingerprint density at radius 3 is 2.64 bits per heavy atom. The van der Waals surface area contributed by atoms with Crippen LogP contribution in [0.15, 0.2) is 35.2 Å². The summed E-state index contributed by atoms with van der Waals surface area (Å²) in [4.78, 5) is 13.3. The minimum atomic E-state index is -3.71. The minimum absolute atomic E-state index is 0.166. The molecule has 0 amide bonds. The van der Waals surface area contributed by atoms with Crippen molar-refractivity contribution >= 4 is 32.3 Å². The Kier molecular flexibility index (Phi) is 3.92. The van der Waals surface area contributed by atoms with Crippen LogP contribution in [0.3, 0.4) is 0 Å². The highest BCUT2D eigenvalue weighted by atomic mass is 32.2. The quantitative estimate of drug-likeness (QED) is 0.871. The van der Waals surface area contributed by atoms with Crippen molar-refractivity contribution in [2.45, 2.75) is 24.2 Å². The monoisotopic (exact) mass is 337 g/mol. The number of methoxy groups -OCH3 is 1. The predicted octanol–water partition coefficient (Wildman–Crippen LogP) is 2.82. The second-order valence-corrected chi connectivity index (χ2v) is 7.76. The second-order valence-electron chi connectivity index (χ2n) is 4.97. The Hall–Kier alpha value is -1.86. The van der Waals surface area contributed by atoms with Crippen LogP contribution in [0.5, 0.6) is 0 Å². The van der Waals surface area contributed by atoms with E-state index in [9.17, 15) is 13.2 Å². The summed E-state index contributed by atoms with van der Waals surface area (Å²) in [5.74, 6) is -0.495. The number of fused-ring (bicyclic) bond motifs is 1. The maximum atomic E-state index is 12.4. The molecule has 0 saturated heterocycles. The number of esters is 1. The highest BCUT2D eigenvalue weighted by Crippen LogP contribution is 2.40. The van der Waals surface area contributed by atoms with Gasteiger partial charge < -0.3 is 4.74 Å². The van der Waals surface area contributed by atoms with Gasteiger partial charge in [-0.25, -0.2) is 13.2 Å². The molecule has 0 fully saturated rings. The number of hydrogen-bond acceptors (Lipinski definition) is 5. The average Bonchev–Trinajstić information content (AvgIpc) is 3.07. The Balaban J connectivity index is 2.01. The lowest BCUT2D eigenvalue weighted by Crippen LogP contribution is -2.15. The lowest BCUT2D eigenvalue weighted by atomic mass is 10.1. The summed E-state index contributed by atoms with van der Waals surface area (Å²) >= 11 is 1.32. The molecule has 0 unspecified atom stereocenters. The van der Waals surface area contributed by atoms with Gasteiger partial charge in [-0.05, 0) is 37.0 Å². The topological polar surface area (TPSA) is 72.5 Å². The van der Waals surface area contributed by atoms with Gasteiger partial charge in [-0.3, -0.25) is 4.72 Å². The molecule has 0 radical (unpaired) electrons. The summed E-state index contributed by atoms with van der Waals surface area (Å²) in [5.41, 5.74) is 1.28. The molecule has 0 saturated carbocycles. The summed E-state index contributed by atoms with van der Waals surface area (Å²) in [6.45, 7) is 0. The SMILES string of the molecule is COC(=O)c1c(NS(=O)(=O)c2ccccc2)sc2c1CCC2. The van der Waals surface area contributed by atoms with Gasteiger partial charge in [0.05, 0.1) is 17.6 Å². The van der Waals surface area contributed by atoms with Crippen molar-refractivity contribution in [3.8, 4) is 0 Å². The molecule has 0 atom stereocenters. The van der Waals surface area contributed by atoms with Crippen LogP contribution < -0.4 is 4.72 Å². The first kappa shape index (κ1) is 15.1. The van der Waals surface area contributed by atoms with Crippen molar-refractivity contribution in [3.05, 3.63) is 46.3 Å². The zero-order valence-corrected chi connectivity index (χ0v) is 13.6. The number of carbonyl (C=O) groups is 1. The summed E-state index contributed by atoms with van der Waals surface area (Å²) in [6.07, 6.45) is 2.64. The molecule has 0 bridgehead atoms. The molecule has 0 aliphatic heterocycles. The normalized spacial score (nSPS) is 13.7. The van der Waals surface area contributed by atoms with E-state index in [1.54, 1.807) is 18.2 Å². The molecule has 1 aromatic heterocycles. The largest absolute Gasteiger partial charge is 0.465 e. The van der Waals surface area contributed by atoms with E-state index in [-0.39, 0.29) is 4.90 Å². The van der Waals surface area contributed by atoms with E-state index in [1.807, 2.05) is 0 Å². The van der Waals surface area contributed by atoms with E-state index in [1.165, 1.54) is 30.6 Å². The fourth-order valence-corrected chi connectivity index (χ4v) is 5.18. The van der Waals surface area contributed by atoms with E-state index in [2.05, 4.69) is 4.72 Å². The third-order valence-electron chi connectivity index (χ3n) is 3.59. The number of carbonyl (C=O) groups excluding carboxylic acids is 1. The Bertz CT molecular complexity index is 810. The lowest BCUT2D eigenvalue weighted by molar-refractivity contribution is 0.0601. The summed E-state index contributed by atoms with van der Waals surface area (Å²) in [7, 11) is -2.41. The van der Waals surface area contributed by atoms with E-state index in [4.69, 9.17) is 4.74 Å². The number of ether oxygens (including phenoxy) is 1. The Labute approximate surface area is 133 Å². The van der Waals surface area contributed by atoms with Crippen molar-refractivity contribution in [1.82, 2.24) is 0 Å². The molecule has 1 aliphatic rings. The summed E-state index contributed by atoms with van der Waals surface area (Å²) in [6, 6.07) is 8.09. The van der Waals surface area contributed by atoms with Gasteiger partial charge in [-0.2, -0.15) is 0 Å². The van der Waals surface area contributed by atoms with Crippen LogP contribution in [0.2, 0.25) is 0 Å². The van der Waals surface area contributed by atoms with Crippen LogP contribution in [-0.2, 0) is 27.6 Å². The number of nitrogens with one attached hydrogen (secondary N) is 1. The zero-order chi connectivity index (χ0) is 15.7. The van der Waals surface area contributed by atoms with Crippen molar-refractivity contribution < 1.29 is 17.9 Å². The lowest BCUT2D eigenvalue weighted by Gasteiger charge is -2.09. The molecular formula is C15H15NO4S2. The summed E-state index contributed by atoms with van der Waals surface area (Å²) in [5, 5.41) is 0.348. The smallest absolute Gasteiger partial charge is 0.341 e. The molecule has 3 rings (SSSR count). The van der Waals surface area contributed by atoms with E-state index in [0.29, 0.717) is 10.6 Å². The summed E-state index contributed by atoms with van der Waals surface area (Å²) < 4.78 is 32.2. The van der Waals surface area contributed by atoms with Crippen LogP contribution in [0.25, 0.3) is 0 Å². The van der Waals surface area contributed by atoms with E-state index >= 15 is 0 Å². The molecular weight excluding hydrogens is 322 g/mol. The zero-order valence-electron chi connectivity index (χ0n) is 12.0. The van der Waals surface area contributed by atoms with Crippen LogP contribution in [-0.4, -0.2) is 21.5 Å². The van der Waals surface area contributed by atoms with Gasteiger partial charge >= 0.3 is 5.97 Å². The maximum Gasteiger partial charge on any atom is 0.341 e. The van der Waals surface area contributed by atoms with Gasteiger partial charge in [0.15, 0.2) is 0 Å². The molecule has 22 heavy (non-hydrogen) atoms. The van der Waals surface area contributed by atoms with Crippen LogP contribution >= 0.6 is 11.3 Å². The van der Waals surface area contributed by atoms with Crippen LogP contribution in [0, 0.1) is 0 Å². The first-order chi connectivity index (χ1) is 10.5. The number of benzene rings is 1. The van der Waals surface area contributed by atoms with Gasteiger partial charge in [0.25, 0.3) is 10.0 Å². The molecule has 7 heteroatoms. The standard InChI is InChI=1S/C15H15NO4S2/c1-20-15(17)13-11-8-5-9-12(11)21-14(13)16-22(18,19)10-6-3-2-4-7-10/h2-4,6-7,16H,5,8-9H2,1H3. The predicted molar refractivity (Wildman–Crippen MR) is 84.9 cm³/mol. The third kappa shape index (κ3) is 2.62. The van der Waals surface area contributed by atoms with Gasteiger partial charge in [-0.15, -0.1) is 11.3 Å². The molecule has 5 nitrogen and oxygen atoms in total. The highest BCUT2D eigenvalue weighted by molar-refractivity contribution is 7.93. The van der Waals surface area contributed by atoms with Crippen LogP contribution in [0.1, 0.15) is 27.2 Å². The first-order valence-electron chi connectivity index (χ1n) is 6.83. The van der Waals surface area contributed by atoms with Crippen molar-refractivity contribution in [3.63, 3.8) is 0 Å². The highest BCUT2D eigenvalue weighted by Gasteiger charge is 2.29. The third-order valence-corrected chi connectivity index (χ3v) is 6.29. The Morgan fingerprint density at radius 2 is 1.95 bits per heavy atom. The van der Waals surface area contributed by atoms with Gasteiger partial charge in [-0.1, -0.05) is 18.2 Å². The van der Waals surface area contributed by atoms with Crippen molar-refractivity contribution in [1.29, 1.82) is 0 Å². The number of thiophene rings is 1. The molecule has 1 heterocycles. The first-order valence-corrected chi connectivity index (χ1v) is 9.13. The van der Waals surface area contributed by atoms with E-state index < -0.39 is 16.0 Å². The molecule has 1 aliphatic carbocycles. The number of hydrogen-bond donors (Lipinski definition) is 1. The number of sulfonamides is 1. The van der Waals surface area contributed by atoms with Gasteiger partial charge in [0.2, 0.25) is 0 Å². The Morgan fingerprint density at radius 1 is 1.23 bits per heavy atom. The van der Waals surface area contributed by atoms with Crippen molar-refractivity contribution in [2.75, 3.05) is 11.8 Å². The van der Waals surface area contributed by atoms with Crippen LogP contribution in [0.4, 0.5) is 5.00 Å². The maximum absolute atomic E-state index is 12.4. The second kappa shape index (κ2) is 5.73. The fraction of sp³-hybridized carbons (Fsp3) is 0.267. The molecule has 2 aromatic rings. The van der Waals surface area contributed by atoms with E-state index in [0.717, 1.165) is 29.7 Å². The molecule has 0 spiro atoms. The average molecular weight is 337 g/mol. The minimum Gasteiger partial charge on any atom is -0.465 e.